The SMILES string of the molecule is CCOc1cccc(NCC(C)(O)CN(C)C)c1N. The van der Waals surface area contributed by atoms with Crippen LogP contribution in [0.4, 0.5) is 11.4 Å². The standard InChI is InChI=1S/C14H25N3O2/c1-5-19-12-8-6-7-11(13(12)15)16-9-14(2,18)10-17(3)4/h6-8,16,18H,5,9-10,15H2,1-4H3. The smallest absolute Gasteiger partial charge is 0.144 e. The predicted molar refractivity (Wildman–Crippen MR) is 79.7 cm³/mol. The summed E-state index contributed by atoms with van der Waals surface area (Å²) < 4.78 is 5.44. The second kappa shape index (κ2) is 6.63. The number of hydrogen-bond acceptors (Lipinski definition) is 5. The highest BCUT2D eigenvalue weighted by Crippen LogP contribution is 2.29. The van der Waals surface area contributed by atoms with Crippen molar-refractivity contribution < 1.29 is 9.84 Å². The molecule has 0 aliphatic heterocycles. The number of anilines is 2. The molecule has 0 fully saturated rings. The van der Waals surface area contributed by atoms with Crippen molar-refractivity contribution in [2.45, 2.75) is 19.4 Å². The molecule has 0 aliphatic rings. The summed E-state index contributed by atoms with van der Waals surface area (Å²) in [5.74, 6) is 0.666. The summed E-state index contributed by atoms with van der Waals surface area (Å²) in [5, 5.41) is 13.4. The Labute approximate surface area is 115 Å². The molecule has 5 nitrogen and oxygen atoms in total. The predicted octanol–water partition coefficient (Wildman–Crippen LogP) is 1.39. The van der Waals surface area contributed by atoms with Crippen molar-refractivity contribution in [1.82, 2.24) is 4.90 Å². The zero-order valence-electron chi connectivity index (χ0n) is 12.2. The maximum absolute atomic E-state index is 10.2. The van der Waals surface area contributed by atoms with Crippen LogP contribution in [0.5, 0.6) is 5.75 Å². The molecule has 0 spiro atoms. The number of hydrogen-bond donors (Lipinski definition) is 3. The van der Waals surface area contributed by atoms with Gasteiger partial charge in [-0.1, -0.05) is 6.07 Å². The average molecular weight is 267 g/mol. The lowest BCUT2D eigenvalue weighted by Gasteiger charge is -2.28. The molecule has 19 heavy (non-hydrogen) atoms. The topological polar surface area (TPSA) is 70.8 Å². The quantitative estimate of drug-likeness (QED) is 0.651. The van der Waals surface area contributed by atoms with Gasteiger partial charge in [0, 0.05) is 13.1 Å². The van der Waals surface area contributed by atoms with Gasteiger partial charge in [0.2, 0.25) is 0 Å². The van der Waals surface area contributed by atoms with E-state index in [1.807, 2.05) is 44.1 Å². The highest BCUT2D eigenvalue weighted by molar-refractivity contribution is 5.73. The van der Waals surface area contributed by atoms with Gasteiger partial charge in [0.05, 0.1) is 23.6 Å². The Morgan fingerprint density at radius 1 is 1.42 bits per heavy atom. The minimum atomic E-state index is -0.822. The Morgan fingerprint density at radius 3 is 2.68 bits per heavy atom. The zero-order valence-corrected chi connectivity index (χ0v) is 12.2. The summed E-state index contributed by atoms with van der Waals surface area (Å²) in [7, 11) is 3.86. The van der Waals surface area contributed by atoms with E-state index in [0.29, 0.717) is 31.1 Å². The van der Waals surface area contributed by atoms with Crippen LogP contribution in [0, 0.1) is 0 Å². The van der Waals surface area contributed by atoms with Gasteiger partial charge < -0.3 is 25.8 Å². The number of nitrogen functional groups attached to an aromatic ring is 1. The van der Waals surface area contributed by atoms with Crippen LogP contribution in [0.15, 0.2) is 18.2 Å². The van der Waals surface area contributed by atoms with Crippen LogP contribution in [0.25, 0.3) is 0 Å². The van der Waals surface area contributed by atoms with Gasteiger partial charge in [-0.25, -0.2) is 0 Å². The van der Waals surface area contributed by atoms with E-state index in [1.165, 1.54) is 0 Å². The van der Waals surface area contributed by atoms with Gasteiger partial charge in [-0.2, -0.15) is 0 Å². The number of rotatable bonds is 7. The number of nitrogens with two attached hydrogens (primary N) is 1. The largest absolute Gasteiger partial charge is 0.492 e. The number of likely N-dealkylation sites (N-methyl/N-ethyl adjacent to an activating group) is 1. The molecule has 1 unspecified atom stereocenters. The lowest BCUT2D eigenvalue weighted by Crippen LogP contribution is -2.43. The number of para-hydroxylation sites is 1. The van der Waals surface area contributed by atoms with Gasteiger partial charge in [0.15, 0.2) is 0 Å². The van der Waals surface area contributed by atoms with E-state index in [0.717, 1.165) is 5.69 Å². The van der Waals surface area contributed by atoms with Gasteiger partial charge in [-0.05, 0) is 40.1 Å². The highest BCUT2D eigenvalue weighted by Gasteiger charge is 2.21. The first kappa shape index (κ1) is 15.6. The van der Waals surface area contributed by atoms with E-state index in [2.05, 4.69) is 5.32 Å². The molecule has 0 saturated heterocycles. The molecule has 0 aliphatic carbocycles. The fraction of sp³-hybridized carbons (Fsp3) is 0.571. The summed E-state index contributed by atoms with van der Waals surface area (Å²) in [5.41, 5.74) is 6.56. The van der Waals surface area contributed by atoms with E-state index < -0.39 is 5.60 Å². The third-order valence-corrected chi connectivity index (χ3v) is 2.68. The van der Waals surface area contributed by atoms with Crippen molar-refractivity contribution in [3.63, 3.8) is 0 Å². The second-order valence-electron chi connectivity index (χ2n) is 5.24. The van der Waals surface area contributed by atoms with Crippen molar-refractivity contribution in [2.24, 2.45) is 0 Å². The average Bonchev–Trinajstić information content (AvgIpc) is 2.29. The van der Waals surface area contributed by atoms with Gasteiger partial charge in [-0.15, -0.1) is 0 Å². The van der Waals surface area contributed by atoms with E-state index >= 15 is 0 Å². The third kappa shape index (κ3) is 4.96. The maximum atomic E-state index is 10.2. The summed E-state index contributed by atoms with van der Waals surface area (Å²) in [4.78, 5) is 1.95. The van der Waals surface area contributed by atoms with Crippen LogP contribution in [0.1, 0.15) is 13.8 Å². The molecular weight excluding hydrogens is 242 g/mol. The molecule has 108 valence electrons. The summed E-state index contributed by atoms with van der Waals surface area (Å²) in [6, 6.07) is 5.59. The lowest BCUT2D eigenvalue weighted by molar-refractivity contribution is 0.0460. The number of ether oxygens (including phenoxy) is 1. The molecular formula is C14H25N3O2. The summed E-state index contributed by atoms with van der Waals surface area (Å²) in [6.45, 7) is 5.28. The first-order valence-corrected chi connectivity index (χ1v) is 6.48. The van der Waals surface area contributed by atoms with Crippen LogP contribution in [-0.2, 0) is 0 Å². The number of nitrogens with one attached hydrogen (secondary N) is 1. The lowest BCUT2D eigenvalue weighted by atomic mass is 10.1. The Hall–Kier alpha value is -1.46. The minimum Gasteiger partial charge on any atom is -0.492 e. The molecule has 0 radical (unpaired) electrons. The number of nitrogens with zero attached hydrogens (tertiary/aromatic N) is 1. The first-order valence-electron chi connectivity index (χ1n) is 6.48. The van der Waals surface area contributed by atoms with Crippen LogP contribution in [0.2, 0.25) is 0 Å². The fourth-order valence-electron chi connectivity index (χ4n) is 2.00. The van der Waals surface area contributed by atoms with E-state index in [1.54, 1.807) is 6.92 Å². The fourth-order valence-corrected chi connectivity index (χ4v) is 2.00. The molecule has 1 atom stereocenters. The van der Waals surface area contributed by atoms with Crippen molar-refractivity contribution >= 4 is 11.4 Å². The van der Waals surface area contributed by atoms with Crippen molar-refractivity contribution in [1.29, 1.82) is 0 Å². The van der Waals surface area contributed by atoms with E-state index in [9.17, 15) is 5.11 Å². The molecule has 1 rings (SSSR count). The molecule has 0 amide bonds. The van der Waals surface area contributed by atoms with Crippen molar-refractivity contribution in [3.8, 4) is 5.75 Å². The summed E-state index contributed by atoms with van der Waals surface area (Å²) in [6.07, 6.45) is 0. The Morgan fingerprint density at radius 2 is 2.11 bits per heavy atom. The van der Waals surface area contributed by atoms with Crippen LogP contribution in [-0.4, -0.2) is 49.4 Å². The minimum absolute atomic E-state index is 0.422. The molecule has 1 aromatic carbocycles. The number of aliphatic hydroxyl groups is 1. The van der Waals surface area contributed by atoms with E-state index in [4.69, 9.17) is 10.5 Å². The van der Waals surface area contributed by atoms with Gasteiger partial charge in [-0.3, -0.25) is 0 Å². The van der Waals surface area contributed by atoms with Crippen LogP contribution >= 0.6 is 0 Å². The Kier molecular flexibility index (Phi) is 5.44. The molecule has 0 aromatic heterocycles. The van der Waals surface area contributed by atoms with Crippen LogP contribution in [0.3, 0.4) is 0 Å². The molecule has 5 heteroatoms. The normalized spacial score (nSPS) is 14.2. The second-order valence-corrected chi connectivity index (χ2v) is 5.24. The van der Waals surface area contributed by atoms with Gasteiger partial charge in [0.25, 0.3) is 0 Å². The summed E-state index contributed by atoms with van der Waals surface area (Å²) >= 11 is 0. The van der Waals surface area contributed by atoms with Crippen molar-refractivity contribution in [2.75, 3.05) is 44.8 Å². The van der Waals surface area contributed by atoms with Gasteiger partial charge in [0.1, 0.15) is 5.75 Å². The molecule has 4 N–H and O–H groups in total. The first-order chi connectivity index (χ1) is 8.85. The molecule has 1 aromatic rings. The third-order valence-electron chi connectivity index (χ3n) is 2.68. The number of benzene rings is 1. The molecule has 0 heterocycles. The Bertz CT molecular complexity index is 406. The van der Waals surface area contributed by atoms with Crippen LogP contribution < -0.4 is 15.8 Å². The molecule has 0 saturated carbocycles. The van der Waals surface area contributed by atoms with Crippen molar-refractivity contribution in [3.05, 3.63) is 18.2 Å². The molecule has 0 bridgehead atoms. The Balaban J connectivity index is 2.70. The maximum Gasteiger partial charge on any atom is 0.144 e. The van der Waals surface area contributed by atoms with Gasteiger partial charge >= 0.3 is 0 Å². The zero-order chi connectivity index (χ0) is 14.5. The highest BCUT2D eigenvalue weighted by atomic mass is 16.5. The monoisotopic (exact) mass is 267 g/mol. The van der Waals surface area contributed by atoms with E-state index in [-0.39, 0.29) is 0 Å².